The van der Waals surface area contributed by atoms with Crippen LogP contribution in [0.4, 0.5) is 8.78 Å². The van der Waals surface area contributed by atoms with Gasteiger partial charge in [-0.15, -0.1) is 0 Å². The summed E-state index contributed by atoms with van der Waals surface area (Å²) >= 11 is 6.08. The number of nitrogens with one attached hydrogen (secondary N) is 1. The van der Waals surface area contributed by atoms with E-state index in [4.69, 9.17) is 16.7 Å². The van der Waals surface area contributed by atoms with Gasteiger partial charge in [0.25, 0.3) is 11.8 Å². The molecule has 3 atom stereocenters. The fourth-order valence-electron chi connectivity index (χ4n) is 5.84. The number of benzene rings is 2. The molecule has 228 valence electrons. The standard InChI is InChI=1S/C31H29ClF2N6O4/c1-16-11-25-23(14-38(16)29(42)19-5-10-24(32)20(12-19)13-35)27-30(43)39(15-26(40(27)37-25)28(41)36-21-6-7-21)17(2)18-3-8-22(9-4-18)44-31(33)34/h3-5,8-10,12,16-17,21,26,31H,6-7,11,14-15H2,1-2H3,(H,36,41)/t16-,17?,26+/m1/s1. The van der Waals surface area contributed by atoms with Gasteiger partial charge in [0.1, 0.15) is 23.6 Å². The Labute approximate surface area is 257 Å². The molecule has 44 heavy (non-hydrogen) atoms. The maximum absolute atomic E-state index is 14.2. The van der Waals surface area contributed by atoms with Crippen molar-refractivity contribution >= 4 is 29.3 Å². The molecule has 1 unspecified atom stereocenters. The van der Waals surface area contributed by atoms with E-state index in [-0.39, 0.29) is 64.9 Å². The largest absolute Gasteiger partial charge is 0.435 e. The highest BCUT2D eigenvalue weighted by Crippen LogP contribution is 2.36. The summed E-state index contributed by atoms with van der Waals surface area (Å²) in [5.41, 5.74) is 2.60. The number of aromatic nitrogens is 2. The summed E-state index contributed by atoms with van der Waals surface area (Å²) in [5.74, 6) is -0.921. The molecule has 6 rings (SSSR count). The monoisotopic (exact) mass is 622 g/mol. The molecule has 1 saturated carbocycles. The minimum atomic E-state index is -2.96. The lowest BCUT2D eigenvalue weighted by Crippen LogP contribution is -2.50. The highest BCUT2D eigenvalue weighted by atomic mass is 35.5. The second kappa shape index (κ2) is 11.5. The summed E-state index contributed by atoms with van der Waals surface area (Å²) < 4.78 is 31.3. The Morgan fingerprint density at radius 2 is 1.91 bits per heavy atom. The molecule has 0 saturated heterocycles. The molecule has 3 aliphatic rings. The van der Waals surface area contributed by atoms with Gasteiger partial charge in [-0.05, 0) is 62.6 Å². The first-order valence-electron chi connectivity index (χ1n) is 14.3. The van der Waals surface area contributed by atoms with Crippen LogP contribution in [0.25, 0.3) is 0 Å². The summed E-state index contributed by atoms with van der Waals surface area (Å²) in [6.45, 7) is 0.873. The predicted octanol–water partition coefficient (Wildman–Crippen LogP) is 4.63. The zero-order valence-corrected chi connectivity index (χ0v) is 24.7. The number of carbonyl (C=O) groups is 3. The highest BCUT2D eigenvalue weighted by molar-refractivity contribution is 6.31. The zero-order chi connectivity index (χ0) is 31.3. The van der Waals surface area contributed by atoms with Crippen molar-refractivity contribution in [2.45, 2.75) is 70.4 Å². The summed E-state index contributed by atoms with van der Waals surface area (Å²) in [5, 5.41) is 17.4. The van der Waals surface area contributed by atoms with Gasteiger partial charge in [0.15, 0.2) is 0 Å². The van der Waals surface area contributed by atoms with Crippen LogP contribution in [-0.2, 0) is 17.8 Å². The Morgan fingerprint density at radius 3 is 2.57 bits per heavy atom. The Bertz CT molecular complexity index is 1680. The normalized spacial score (nSPS) is 20.1. The van der Waals surface area contributed by atoms with Crippen molar-refractivity contribution in [2.75, 3.05) is 6.54 Å². The minimum Gasteiger partial charge on any atom is -0.435 e. The van der Waals surface area contributed by atoms with E-state index in [1.807, 2.05) is 13.0 Å². The van der Waals surface area contributed by atoms with Crippen molar-refractivity contribution < 1.29 is 27.9 Å². The third kappa shape index (κ3) is 5.48. The number of fused-ring (bicyclic) bond motifs is 3. The predicted molar refractivity (Wildman–Crippen MR) is 154 cm³/mol. The first kappa shape index (κ1) is 29.6. The van der Waals surface area contributed by atoms with Gasteiger partial charge in [-0.2, -0.15) is 19.1 Å². The van der Waals surface area contributed by atoms with E-state index in [1.54, 1.807) is 34.9 Å². The van der Waals surface area contributed by atoms with Crippen molar-refractivity contribution in [1.82, 2.24) is 24.9 Å². The van der Waals surface area contributed by atoms with Crippen LogP contribution < -0.4 is 10.1 Å². The molecule has 1 aliphatic carbocycles. The van der Waals surface area contributed by atoms with Gasteiger partial charge in [-0.3, -0.25) is 14.4 Å². The lowest BCUT2D eigenvalue weighted by atomic mass is 9.96. The van der Waals surface area contributed by atoms with Gasteiger partial charge in [0.2, 0.25) is 5.91 Å². The van der Waals surface area contributed by atoms with Crippen LogP contribution in [0.15, 0.2) is 42.5 Å². The molecule has 13 heteroatoms. The SMILES string of the molecule is CC(c1ccc(OC(F)F)cc1)N1C[C@@H](C(=O)NC2CC2)n2nc3c(c2C1=O)CN(C(=O)c1ccc(Cl)c(C#N)c1)[C@H](C)C3. The van der Waals surface area contributed by atoms with E-state index in [0.717, 1.165) is 12.8 Å². The fraction of sp³-hybridized carbons (Fsp3) is 0.387. The third-order valence-corrected chi connectivity index (χ3v) is 8.78. The van der Waals surface area contributed by atoms with Crippen LogP contribution in [0, 0.1) is 11.3 Å². The molecule has 1 aromatic heterocycles. The van der Waals surface area contributed by atoms with Crippen LogP contribution in [0.5, 0.6) is 5.75 Å². The molecule has 3 amide bonds. The van der Waals surface area contributed by atoms with Crippen LogP contribution in [-0.4, -0.2) is 62.5 Å². The molecular formula is C31H29ClF2N6O4. The van der Waals surface area contributed by atoms with Crippen LogP contribution in [0.3, 0.4) is 0 Å². The number of rotatable bonds is 7. The fourth-order valence-corrected chi connectivity index (χ4v) is 6.00. The number of alkyl halides is 2. The molecule has 2 aromatic carbocycles. The topological polar surface area (TPSA) is 121 Å². The van der Waals surface area contributed by atoms with E-state index in [1.165, 1.54) is 28.9 Å². The number of hydrogen-bond donors (Lipinski definition) is 1. The van der Waals surface area contributed by atoms with Crippen molar-refractivity contribution in [3.63, 3.8) is 0 Å². The quantitative estimate of drug-likeness (QED) is 0.410. The number of ether oxygens (including phenoxy) is 1. The molecule has 0 radical (unpaired) electrons. The Hall–Kier alpha value is -4.50. The van der Waals surface area contributed by atoms with Gasteiger partial charge in [0, 0.05) is 29.6 Å². The second-order valence-corrected chi connectivity index (χ2v) is 11.8. The van der Waals surface area contributed by atoms with Crippen LogP contribution in [0.2, 0.25) is 5.02 Å². The number of nitriles is 1. The second-order valence-electron chi connectivity index (χ2n) is 11.4. The summed E-state index contributed by atoms with van der Waals surface area (Å²) in [6, 6.07) is 11.1. The molecule has 3 heterocycles. The van der Waals surface area contributed by atoms with Gasteiger partial charge in [-0.1, -0.05) is 23.7 Å². The highest BCUT2D eigenvalue weighted by Gasteiger charge is 2.44. The Kier molecular flexibility index (Phi) is 7.75. The summed E-state index contributed by atoms with van der Waals surface area (Å²) in [7, 11) is 0. The first-order valence-corrected chi connectivity index (χ1v) is 14.7. The number of hydrogen-bond acceptors (Lipinski definition) is 6. The van der Waals surface area contributed by atoms with Crippen molar-refractivity contribution in [3.05, 3.63) is 81.1 Å². The maximum Gasteiger partial charge on any atom is 0.387 e. The summed E-state index contributed by atoms with van der Waals surface area (Å²) in [4.78, 5) is 44.5. The van der Waals surface area contributed by atoms with E-state index < -0.39 is 18.7 Å². The smallest absolute Gasteiger partial charge is 0.387 e. The third-order valence-electron chi connectivity index (χ3n) is 8.45. The average molecular weight is 623 g/mol. The molecule has 3 aromatic rings. The van der Waals surface area contributed by atoms with Crippen molar-refractivity contribution in [2.24, 2.45) is 0 Å². The molecule has 1 fully saturated rings. The van der Waals surface area contributed by atoms with E-state index in [2.05, 4.69) is 10.1 Å². The van der Waals surface area contributed by atoms with E-state index >= 15 is 0 Å². The molecule has 10 nitrogen and oxygen atoms in total. The van der Waals surface area contributed by atoms with Gasteiger partial charge < -0.3 is 19.9 Å². The number of nitrogens with zero attached hydrogens (tertiary/aromatic N) is 5. The average Bonchev–Trinajstić information content (AvgIpc) is 3.73. The van der Waals surface area contributed by atoms with E-state index in [0.29, 0.717) is 28.8 Å². The van der Waals surface area contributed by atoms with Crippen molar-refractivity contribution in [3.8, 4) is 11.8 Å². The van der Waals surface area contributed by atoms with Gasteiger partial charge in [0.05, 0.1) is 35.4 Å². The molecule has 0 bridgehead atoms. The van der Waals surface area contributed by atoms with Crippen LogP contribution >= 0.6 is 11.6 Å². The first-order chi connectivity index (χ1) is 21.0. The molecular weight excluding hydrogens is 594 g/mol. The maximum atomic E-state index is 14.2. The van der Waals surface area contributed by atoms with Crippen LogP contribution in [0.1, 0.15) is 82.0 Å². The minimum absolute atomic E-state index is 0.00351. The number of amides is 3. The molecule has 1 N–H and O–H groups in total. The lowest BCUT2D eigenvalue weighted by molar-refractivity contribution is -0.125. The van der Waals surface area contributed by atoms with Gasteiger partial charge in [-0.25, -0.2) is 4.68 Å². The summed E-state index contributed by atoms with van der Waals surface area (Å²) in [6.07, 6.45) is 2.14. The van der Waals surface area contributed by atoms with Gasteiger partial charge >= 0.3 is 6.61 Å². The molecule has 2 aliphatic heterocycles. The number of carbonyl (C=O) groups excluding carboxylic acids is 3. The number of halogens is 3. The lowest BCUT2D eigenvalue weighted by Gasteiger charge is -2.38. The Morgan fingerprint density at radius 1 is 1.18 bits per heavy atom. The van der Waals surface area contributed by atoms with Crippen molar-refractivity contribution in [1.29, 1.82) is 5.26 Å². The van der Waals surface area contributed by atoms with E-state index in [9.17, 15) is 28.4 Å². The molecule has 0 spiro atoms. The zero-order valence-electron chi connectivity index (χ0n) is 24.0. The Balaban J connectivity index is 1.35.